The van der Waals surface area contributed by atoms with E-state index >= 15 is 0 Å². The van der Waals surface area contributed by atoms with Crippen LogP contribution in [0.3, 0.4) is 0 Å². The van der Waals surface area contributed by atoms with Crippen molar-refractivity contribution in [1.82, 2.24) is 10.2 Å². The van der Waals surface area contributed by atoms with Gasteiger partial charge in [0.2, 0.25) is 5.91 Å². The maximum Gasteiger partial charge on any atom is 0.263 e. The van der Waals surface area contributed by atoms with Gasteiger partial charge in [0.25, 0.3) is 5.91 Å². The number of amides is 2. The standard InChI is InChI=1S/C20H22Cl2N2O4S/c21-15-3-1-4-16(18(15)22)28-12-14(25)11-23-19(26)13-6-8-24(9-7-13)20(27)17-5-2-10-29-17/h1-5,10,13-14,25H,6-9,11-12H2,(H,23,26). The highest BCUT2D eigenvalue weighted by Gasteiger charge is 2.28. The first-order chi connectivity index (χ1) is 14.0. The molecule has 6 nitrogen and oxygen atoms in total. The summed E-state index contributed by atoms with van der Waals surface area (Å²) in [5.74, 6) is 0.115. The van der Waals surface area contributed by atoms with Crippen molar-refractivity contribution < 1.29 is 19.4 Å². The van der Waals surface area contributed by atoms with Crippen LogP contribution in [0.5, 0.6) is 5.75 Å². The van der Waals surface area contributed by atoms with E-state index < -0.39 is 6.10 Å². The molecule has 1 fully saturated rings. The van der Waals surface area contributed by atoms with Crippen LogP contribution in [0.2, 0.25) is 10.0 Å². The van der Waals surface area contributed by atoms with Crippen LogP contribution in [0.4, 0.5) is 0 Å². The van der Waals surface area contributed by atoms with Gasteiger partial charge in [-0.05, 0) is 36.4 Å². The number of hydrogen-bond acceptors (Lipinski definition) is 5. The zero-order valence-electron chi connectivity index (χ0n) is 15.6. The van der Waals surface area contributed by atoms with Crippen molar-refractivity contribution in [3.8, 4) is 5.75 Å². The molecule has 1 aliphatic heterocycles. The lowest BCUT2D eigenvalue weighted by Crippen LogP contribution is -2.44. The van der Waals surface area contributed by atoms with Crippen molar-refractivity contribution in [1.29, 1.82) is 0 Å². The average molecular weight is 457 g/mol. The molecule has 2 N–H and O–H groups in total. The summed E-state index contributed by atoms with van der Waals surface area (Å²) in [4.78, 5) is 27.2. The smallest absolute Gasteiger partial charge is 0.263 e. The lowest BCUT2D eigenvalue weighted by atomic mass is 9.95. The molecule has 1 aliphatic rings. The highest BCUT2D eigenvalue weighted by atomic mass is 35.5. The van der Waals surface area contributed by atoms with Gasteiger partial charge in [-0.25, -0.2) is 0 Å². The summed E-state index contributed by atoms with van der Waals surface area (Å²) in [6.45, 7) is 1.15. The highest BCUT2D eigenvalue weighted by molar-refractivity contribution is 7.12. The monoisotopic (exact) mass is 456 g/mol. The number of rotatable bonds is 7. The highest BCUT2D eigenvalue weighted by Crippen LogP contribution is 2.31. The predicted octanol–water partition coefficient (Wildman–Crippen LogP) is 3.46. The number of aliphatic hydroxyl groups is 1. The average Bonchev–Trinajstić information content (AvgIpc) is 3.27. The van der Waals surface area contributed by atoms with E-state index in [1.165, 1.54) is 11.3 Å². The van der Waals surface area contributed by atoms with Gasteiger partial charge < -0.3 is 20.1 Å². The molecule has 0 radical (unpaired) electrons. The Balaban J connectivity index is 1.38. The number of thiophene rings is 1. The Morgan fingerprint density at radius 1 is 1.24 bits per heavy atom. The molecule has 3 rings (SSSR count). The second-order valence-electron chi connectivity index (χ2n) is 6.81. The van der Waals surface area contributed by atoms with E-state index in [9.17, 15) is 14.7 Å². The largest absolute Gasteiger partial charge is 0.489 e. The number of carbonyl (C=O) groups is 2. The molecular weight excluding hydrogens is 435 g/mol. The molecule has 2 aromatic rings. The van der Waals surface area contributed by atoms with Crippen LogP contribution >= 0.6 is 34.5 Å². The van der Waals surface area contributed by atoms with E-state index in [2.05, 4.69) is 5.32 Å². The Morgan fingerprint density at radius 2 is 2.00 bits per heavy atom. The summed E-state index contributed by atoms with van der Waals surface area (Å²) in [6.07, 6.45) is 0.330. The topological polar surface area (TPSA) is 78.9 Å². The summed E-state index contributed by atoms with van der Waals surface area (Å²) in [6, 6.07) is 8.67. The van der Waals surface area contributed by atoms with Gasteiger partial charge in [-0.15, -0.1) is 11.3 Å². The van der Waals surface area contributed by atoms with E-state index in [1.807, 2.05) is 17.5 Å². The second-order valence-corrected chi connectivity index (χ2v) is 8.54. The molecule has 0 aliphatic carbocycles. The molecule has 2 heterocycles. The Bertz CT molecular complexity index is 839. The van der Waals surface area contributed by atoms with Crippen LogP contribution in [0.1, 0.15) is 22.5 Å². The first-order valence-electron chi connectivity index (χ1n) is 9.31. The molecule has 1 saturated heterocycles. The number of halogens is 2. The maximum absolute atomic E-state index is 12.4. The van der Waals surface area contributed by atoms with Gasteiger partial charge in [-0.1, -0.05) is 35.3 Å². The van der Waals surface area contributed by atoms with Gasteiger partial charge in [-0.2, -0.15) is 0 Å². The minimum absolute atomic E-state index is 0.0195. The number of carbonyl (C=O) groups excluding carboxylic acids is 2. The number of piperidine rings is 1. The number of ether oxygens (including phenoxy) is 1. The molecule has 29 heavy (non-hydrogen) atoms. The van der Waals surface area contributed by atoms with Gasteiger partial charge in [0.1, 0.15) is 23.5 Å². The fraction of sp³-hybridized carbons (Fsp3) is 0.400. The van der Waals surface area contributed by atoms with E-state index in [0.29, 0.717) is 36.7 Å². The second kappa shape index (κ2) is 10.3. The Morgan fingerprint density at radius 3 is 2.69 bits per heavy atom. The Hall–Kier alpha value is -1.80. The first-order valence-corrected chi connectivity index (χ1v) is 10.9. The van der Waals surface area contributed by atoms with Crippen LogP contribution in [-0.4, -0.2) is 54.2 Å². The minimum atomic E-state index is -0.880. The van der Waals surface area contributed by atoms with Crippen LogP contribution in [0.15, 0.2) is 35.7 Å². The van der Waals surface area contributed by atoms with Crippen LogP contribution in [0, 0.1) is 5.92 Å². The molecule has 1 aromatic carbocycles. The number of hydrogen-bond donors (Lipinski definition) is 2. The molecule has 9 heteroatoms. The minimum Gasteiger partial charge on any atom is -0.489 e. The summed E-state index contributed by atoms with van der Waals surface area (Å²) in [7, 11) is 0. The van der Waals surface area contributed by atoms with E-state index in [1.54, 1.807) is 23.1 Å². The Labute approximate surface area is 183 Å². The SMILES string of the molecule is O=C(NCC(O)COc1cccc(Cl)c1Cl)C1CCN(C(=O)c2cccs2)CC1. The summed E-state index contributed by atoms with van der Waals surface area (Å²) < 4.78 is 5.47. The molecule has 0 bridgehead atoms. The molecule has 0 spiro atoms. The van der Waals surface area contributed by atoms with Crippen molar-refractivity contribution in [2.24, 2.45) is 5.92 Å². The molecule has 1 atom stereocenters. The zero-order valence-corrected chi connectivity index (χ0v) is 18.0. The molecular formula is C20H22Cl2N2O4S. The Kier molecular flexibility index (Phi) is 7.77. The van der Waals surface area contributed by atoms with Gasteiger partial charge in [-0.3, -0.25) is 9.59 Å². The van der Waals surface area contributed by atoms with Crippen molar-refractivity contribution in [3.63, 3.8) is 0 Å². The number of nitrogens with zero attached hydrogens (tertiary/aromatic N) is 1. The number of benzene rings is 1. The summed E-state index contributed by atoms with van der Waals surface area (Å²) in [5, 5.41) is 15.4. The van der Waals surface area contributed by atoms with E-state index in [-0.39, 0.29) is 35.9 Å². The lowest BCUT2D eigenvalue weighted by Gasteiger charge is -2.31. The molecule has 2 amide bonds. The quantitative estimate of drug-likeness (QED) is 0.668. The molecule has 156 valence electrons. The van der Waals surface area contributed by atoms with Crippen LogP contribution < -0.4 is 10.1 Å². The van der Waals surface area contributed by atoms with E-state index in [4.69, 9.17) is 27.9 Å². The molecule has 1 unspecified atom stereocenters. The number of nitrogens with one attached hydrogen (secondary N) is 1. The normalized spacial score (nSPS) is 15.8. The van der Waals surface area contributed by atoms with Gasteiger partial charge in [0.15, 0.2) is 0 Å². The lowest BCUT2D eigenvalue weighted by molar-refractivity contribution is -0.126. The first kappa shape index (κ1) is 21.9. The molecule has 0 saturated carbocycles. The van der Waals surface area contributed by atoms with E-state index in [0.717, 1.165) is 4.88 Å². The number of likely N-dealkylation sites (tertiary alicyclic amines) is 1. The zero-order chi connectivity index (χ0) is 20.8. The molecule has 1 aromatic heterocycles. The third kappa shape index (κ3) is 5.85. The van der Waals surface area contributed by atoms with Crippen LogP contribution in [-0.2, 0) is 4.79 Å². The maximum atomic E-state index is 12.4. The van der Waals surface area contributed by atoms with Gasteiger partial charge in [0, 0.05) is 25.6 Å². The summed E-state index contributed by atoms with van der Waals surface area (Å²) in [5.41, 5.74) is 0. The third-order valence-corrected chi connectivity index (χ3v) is 6.40. The fourth-order valence-corrected chi connectivity index (χ4v) is 4.14. The van der Waals surface area contributed by atoms with Gasteiger partial charge >= 0.3 is 0 Å². The predicted molar refractivity (Wildman–Crippen MR) is 114 cm³/mol. The summed E-state index contributed by atoms with van der Waals surface area (Å²) >= 11 is 13.4. The van der Waals surface area contributed by atoms with Crippen molar-refractivity contribution in [2.75, 3.05) is 26.2 Å². The number of aliphatic hydroxyl groups excluding tert-OH is 1. The van der Waals surface area contributed by atoms with Crippen molar-refractivity contribution >= 4 is 46.4 Å². The van der Waals surface area contributed by atoms with Crippen LogP contribution in [0.25, 0.3) is 0 Å². The van der Waals surface area contributed by atoms with Gasteiger partial charge in [0.05, 0.1) is 9.90 Å². The van der Waals surface area contributed by atoms with Crippen molar-refractivity contribution in [3.05, 3.63) is 50.6 Å². The fourth-order valence-electron chi connectivity index (χ4n) is 3.10. The van der Waals surface area contributed by atoms with Crippen molar-refractivity contribution in [2.45, 2.75) is 18.9 Å². The third-order valence-electron chi connectivity index (χ3n) is 4.74.